The summed E-state index contributed by atoms with van der Waals surface area (Å²) < 4.78 is 1.72. The summed E-state index contributed by atoms with van der Waals surface area (Å²) in [7, 11) is 1.84. The number of rotatable bonds is 1. The number of fused-ring (bicyclic) bond motifs is 1. The zero-order valence-electron chi connectivity index (χ0n) is 10.8. The van der Waals surface area contributed by atoms with Gasteiger partial charge in [0.2, 0.25) is 5.91 Å². The average molecular weight is 276 g/mol. The van der Waals surface area contributed by atoms with Gasteiger partial charge < -0.3 is 5.32 Å². The molecule has 98 valence electrons. The van der Waals surface area contributed by atoms with Crippen molar-refractivity contribution in [3.63, 3.8) is 0 Å². The van der Waals surface area contributed by atoms with Crippen molar-refractivity contribution in [2.45, 2.75) is 19.3 Å². The molecule has 2 aromatic rings. The van der Waals surface area contributed by atoms with Crippen LogP contribution in [-0.2, 0) is 11.8 Å². The van der Waals surface area contributed by atoms with Crippen molar-refractivity contribution in [1.82, 2.24) is 9.78 Å². The molecule has 0 saturated heterocycles. The highest BCUT2D eigenvalue weighted by Crippen LogP contribution is 2.39. The maximum absolute atomic E-state index is 11.9. The molecule has 0 bridgehead atoms. The third-order valence-corrected chi connectivity index (χ3v) is 3.75. The molecule has 2 heterocycles. The van der Waals surface area contributed by atoms with Gasteiger partial charge in [-0.2, -0.15) is 5.10 Å². The smallest absolute Gasteiger partial charge is 0.226 e. The minimum Gasteiger partial charge on any atom is -0.311 e. The first-order chi connectivity index (χ1) is 9.06. The van der Waals surface area contributed by atoms with Gasteiger partial charge in [-0.15, -0.1) is 0 Å². The van der Waals surface area contributed by atoms with Crippen molar-refractivity contribution < 1.29 is 4.79 Å². The molecule has 5 heteroatoms. The first kappa shape index (κ1) is 12.2. The number of carbonyl (C=O) groups is 1. The fourth-order valence-electron chi connectivity index (χ4n) is 2.72. The van der Waals surface area contributed by atoms with Gasteiger partial charge in [0, 0.05) is 30.0 Å². The summed E-state index contributed by atoms with van der Waals surface area (Å²) in [6.45, 7) is 1.97. The van der Waals surface area contributed by atoms with Crippen molar-refractivity contribution in [1.29, 1.82) is 0 Å². The number of benzene rings is 1. The van der Waals surface area contributed by atoms with E-state index in [0.717, 1.165) is 22.6 Å². The SMILES string of the molecule is Cc1nn(C)c2c1[C@@H](c1cccc(Cl)c1)CC(=O)N2. The molecule has 0 fully saturated rings. The lowest BCUT2D eigenvalue weighted by Gasteiger charge is -2.24. The molecule has 0 saturated carbocycles. The molecule has 3 rings (SSSR count). The molecule has 1 aliphatic rings. The molecular formula is C14H14ClN3O. The van der Waals surface area contributed by atoms with Crippen LogP contribution in [0.2, 0.25) is 5.02 Å². The molecule has 1 N–H and O–H groups in total. The van der Waals surface area contributed by atoms with Crippen LogP contribution in [0.3, 0.4) is 0 Å². The molecule has 19 heavy (non-hydrogen) atoms. The number of hydrogen-bond donors (Lipinski definition) is 1. The van der Waals surface area contributed by atoms with Crippen molar-refractivity contribution >= 4 is 23.3 Å². The Labute approximate surface area is 116 Å². The first-order valence-electron chi connectivity index (χ1n) is 6.15. The Morgan fingerprint density at radius 3 is 3.00 bits per heavy atom. The van der Waals surface area contributed by atoms with E-state index in [1.54, 1.807) is 4.68 Å². The third-order valence-electron chi connectivity index (χ3n) is 3.52. The van der Waals surface area contributed by atoms with Gasteiger partial charge in [-0.25, -0.2) is 0 Å². The minimum absolute atomic E-state index is 0.0143. The van der Waals surface area contributed by atoms with E-state index >= 15 is 0 Å². The molecule has 1 aromatic carbocycles. The number of nitrogens with zero attached hydrogens (tertiary/aromatic N) is 2. The Morgan fingerprint density at radius 1 is 1.47 bits per heavy atom. The number of hydrogen-bond acceptors (Lipinski definition) is 2. The molecule has 0 spiro atoms. The molecule has 4 nitrogen and oxygen atoms in total. The standard InChI is InChI=1S/C14H14ClN3O/c1-8-13-11(9-4-3-5-10(15)6-9)7-12(19)16-14(13)18(2)17-8/h3-6,11H,7H2,1-2H3,(H,16,19)/t11-/m1/s1. The monoisotopic (exact) mass is 275 g/mol. The average Bonchev–Trinajstić information content (AvgIpc) is 2.64. The lowest BCUT2D eigenvalue weighted by atomic mass is 9.86. The van der Waals surface area contributed by atoms with E-state index in [9.17, 15) is 4.79 Å². The van der Waals surface area contributed by atoms with Crippen molar-refractivity contribution in [3.05, 3.63) is 46.1 Å². The molecule has 0 radical (unpaired) electrons. The summed E-state index contributed by atoms with van der Waals surface area (Å²) in [5.41, 5.74) is 3.09. The van der Waals surface area contributed by atoms with Gasteiger partial charge in [-0.05, 0) is 24.6 Å². The molecule has 1 aliphatic heterocycles. The maximum atomic E-state index is 11.9. The maximum Gasteiger partial charge on any atom is 0.226 e. The number of halogens is 1. The topological polar surface area (TPSA) is 46.9 Å². The summed E-state index contributed by atoms with van der Waals surface area (Å²) in [4.78, 5) is 11.9. The summed E-state index contributed by atoms with van der Waals surface area (Å²) in [5.74, 6) is 0.829. The number of amides is 1. The second-order valence-electron chi connectivity index (χ2n) is 4.83. The Balaban J connectivity index is 2.16. The molecule has 0 aliphatic carbocycles. The van der Waals surface area contributed by atoms with E-state index in [0.29, 0.717) is 11.4 Å². The van der Waals surface area contributed by atoms with Gasteiger partial charge in [0.15, 0.2) is 0 Å². The highest BCUT2D eigenvalue weighted by Gasteiger charge is 2.31. The second kappa shape index (κ2) is 4.38. The Bertz CT molecular complexity index is 663. The molecule has 1 atom stereocenters. The van der Waals surface area contributed by atoms with Crippen molar-refractivity contribution in [3.8, 4) is 0 Å². The molecular weight excluding hydrogens is 262 g/mol. The van der Waals surface area contributed by atoms with Gasteiger partial charge >= 0.3 is 0 Å². The van der Waals surface area contributed by atoms with Crippen molar-refractivity contribution in [2.24, 2.45) is 7.05 Å². The highest BCUT2D eigenvalue weighted by molar-refractivity contribution is 6.30. The number of anilines is 1. The predicted molar refractivity (Wildman–Crippen MR) is 74.5 cm³/mol. The Morgan fingerprint density at radius 2 is 2.26 bits per heavy atom. The first-order valence-corrected chi connectivity index (χ1v) is 6.53. The van der Waals surface area contributed by atoms with Gasteiger partial charge in [0.1, 0.15) is 5.82 Å². The third kappa shape index (κ3) is 2.02. The number of aryl methyl sites for hydroxylation is 2. The van der Waals surface area contributed by atoms with E-state index in [1.165, 1.54) is 0 Å². The van der Waals surface area contributed by atoms with Crippen LogP contribution in [0.15, 0.2) is 24.3 Å². The highest BCUT2D eigenvalue weighted by atomic mass is 35.5. The Kier molecular flexibility index (Phi) is 2.82. The van der Waals surface area contributed by atoms with E-state index in [-0.39, 0.29) is 11.8 Å². The van der Waals surface area contributed by atoms with Crippen LogP contribution in [0.25, 0.3) is 0 Å². The van der Waals surface area contributed by atoms with Crippen LogP contribution in [0, 0.1) is 6.92 Å². The zero-order chi connectivity index (χ0) is 13.6. The number of aromatic nitrogens is 2. The van der Waals surface area contributed by atoms with Gasteiger partial charge in [-0.3, -0.25) is 9.48 Å². The predicted octanol–water partition coefficient (Wildman–Crippen LogP) is 2.86. The largest absolute Gasteiger partial charge is 0.311 e. The van der Waals surface area contributed by atoms with Crippen molar-refractivity contribution in [2.75, 3.05) is 5.32 Å². The molecule has 0 unspecified atom stereocenters. The zero-order valence-corrected chi connectivity index (χ0v) is 11.5. The normalized spacial score (nSPS) is 18.1. The van der Waals surface area contributed by atoms with E-state index in [1.807, 2.05) is 38.2 Å². The molecule has 1 aromatic heterocycles. The Hall–Kier alpha value is -1.81. The number of carbonyl (C=O) groups excluding carboxylic acids is 1. The van der Waals surface area contributed by atoms with Crippen LogP contribution >= 0.6 is 11.6 Å². The lowest BCUT2D eigenvalue weighted by Crippen LogP contribution is -2.24. The van der Waals surface area contributed by atoms with Crippen LogP contribution in [0.1, 0.15) is 29.2 Å². The van der Waals surface area contributed by atoms with Gasteiger partial charge in [-0.1, -0.05) is 23.7 Å². The summed E-state index contributed by atoms with van der Waals surface area (Å²) >= 11 is 6.05. The van der Waals surface area contributed by atoms with E-state index in [2.05, 4.69) is 10.4 Å². The van der Waals surface area contributed by atoms with E-state index in [4.69, 9.17) is 11.6 Å². The lowest BCUT2D eigenvalue weighted by molar-refractivity contribution is -0.116. The molecule has 1 amide bonds. The van der Waals surface area contributed by atoms with E-state index < -0.39 is 0 Å². The van der Waals surface area contributed by atoms with Gasteiger partial charge in [0.25, 0.3) is 0 Å². The summed E-state index contributed by atoms with van der Waals surface area (Å²) in [6.07, 6.45) is 0.430. The summed E-state index contributed by atoms with van der Waals surface area (Å²) in [6, 6.07) is 7.67. The number of nitrogens with one attached hydrogen (secondary N) is 1. The second-order valence-corrected chi connectivity index (χ2v) is 5.27. The fourth-order valence-corrected chi connectivity index (χ4v) is 2.92. The van der Waals surface area contributed by atoms with Crippen LogP contribution in [0.5, 0.6) is 0 Å². The summed E-state index contributed by atoms with van der Waals surface area (Å²) in [5, 5.41) is 7.97. The quantitative estimate of drug-likeness (QED) is 0.870. The van der Waals surface area contributed by atoms with Crippen LogP contribution in [-0.4, -0.2) is 15.7 Å². The van der Waals surface area contributed by atoms with Crippen LogP contribution < -0.4 is 5.32 Å². The fraction of sp³-hybridized carbons (Fsp3) is 0.286. The minimum atomic E-state index is 0.0143. The van der Waals surface area contributed by atoms with Gasteiger partial charge in [0.05, 0.1) is 5.69 Å². The van der Waals surface area contributed by atoms with Crippen LogP contribution in [0.4, 0.5) is 5.82 Å².